The molecule has 6 nitrogen and oxygen atoms in total. The molecule has 0 saturated heterocycles. The second-order valence-electron chi connectivity index (χ2n) is 9.05. The fraction of sp³-hybridized carbons (Fsp3) is 0.167. The molecule has 0 N–H and O–H groups in total. The Hall–Kier alpha value is -2.44. The smallest absolute Gasteiger partial charge is 0.338 e. The topological polar surface area (TPSA) is 69.9 Å². The van der Waals surface area contributed by atoms with E-state index in [9.17, 15) is 9.59 Å². The Kier molecular flexibility index (Phi) is 9.40. The van der Waals surface area contributed by atoms with Gasteiger partial charge in [0.2, 0.25) is 0 Å². The van der Waals surface area contributed by atoms with Crippen LogP contribution in [0.4, 0.5) is 0 Å². The van der Waals surface area contributed by atoms with Gasteiger partial charge in [-0.15, -0.1) is 0 Å². The number of esters is 1. The minimum Gasteiger partial charge on any atom is -0.487 e. The quantitative estimate of drug-likeness (QED) is 0.149. The van der Waals surface area contributed by atoms with Gasteiger partial charge in [-0.05, 0) is 84.0 Å². The summed E-state index contributed by atoms with van der Waals surface area (Å²) in [6.45, 7) is 3.97. The van der Waals surface area contributed by atoms with Crippen molar-refractivity contribution in [2.75, 3.05) is 6.61 Å². The molecule has 1 aliphatic rings. The molecular formula is C30H22BrCl2IN2O4S. The third-order valence-electron chi connectivity index (χ3n) is 6.31. The maximum absolute atomic E-state index is 14.0. The summed E-state index contributed by atoms with van der Waals surface area (Å²) >= 11 is 19.8. The molecule has 5 rings (SSSR count). The average molecular weight is 784 g/mol. The van der Waals surface area contributed by atoms with E-state index in [2.05, 4.69) is 43.5 Å². The fourth-order valence-corrected chi connectivity index (χ4v) is 7.74. The molecule has 0 saturated carbocycles. The predicted molar refractivity (Wildman–Crippen MR) is 174 cm³/mol. The molecule has 0 aliphatic carbocycles. The first-order valence-electron chi connectivity index (χ1n) is 12.5. The van der Waals surface area contributed by atoms with Crippen LogP contribution in [-0.4, -0.2) is 17.1 Å². The Labute approximate surface area is 272 Å². The standard InChI is InChI=1S/C30H22BrCl2IN2O4S/c1-3-39-29(38)25-16(2)35-30-36(26(25)21-9-4-5-10-22(21)33)28(37)24(41-30)13-18-12-19(31)14-23(34)27(18)40-15-17-7-6-8-20(32)11-17/h4-14,26H,3,15H2,1-2H3/b24-13-/t26-/m1/s1. The van der Waals surface area contributed by atoms with Crippen molar-refractivity contribution in [2.24, 2.45) is 4.99 Å². The average Bonchev–Trinajstić information content (AvgIpc) is 3.22. The van der Waals surface area contributed by atoms with Crippen molar-refractivity contribution in [3.8, 4) is 5.75 Å². The van der Waals surface area contributed by atoms with Gasteiger partial charge < -0.3 is 9.47 Å². The number of halogens is 4. The molecule has 3 aromatic carbocycles. The lowest BCUT2D eigenvalue weighted by atomic mass is 9.96. The van der Waals surface area contributed by atoms with Crippen molar-refractivity contribution in [1.82, 2.24) is 4.57 Å². The Bertz CT molecular complexity index is 1890. The summed E-state index contributed by atoms with van der Waals surface area (Å²) in [7, 11) is 0. The van der Waals surface area contributed by atoms with E-state index in [1.54, 1.807) is 38.1 Å². The molecule has 210 valence electrons. The molecule has 4 aromatic rings. The van der Waals surface area contributed by atoms with E-state index in [1.165, 1.54) is 15.9 Å². The van der Waals surface area contributed by atoms with Crippen molar-refractivity contribution in [2.45, 2.75) is 26.5 Å². The molecule has 0 fully saturated rings. The molecule has 0 bridgehead atoms. The Morgan fingerprint density at radius 1 is 1.17 bits per heavy atom. The number of rotatable bonds is 7. The highest BCUT2D eigenvalue weighted by molar-refractivity contribution is 14.1. The molecule has 2 heterocycles. The van der Waals surface area contributed by atoms with Gasteiger partial charge in [-0.2, -0.15) is 0 Å². The highest BCUT2D eigenvalue weighted by Gasteiger charge is 2.34. The molecule has 1 aromatic heterocycles. The summed E-state index contributed by atoms with van der Waals surface area (Å²) in [4.78, 5) is 32.3. The van der Waals surface area contributed by atoms with Gasteiger partial charge in [0.25, 0.3) is 5.56 Å². The van der Waals surface area contributed by atoms with Gasteiger partial charge in [0.1, 0.15) is 18.4 Å². The van der Waals surface area contributed by atoms with E-state index in [1.807, 2.05) is 42.5 Å². The van der Waals surface area contributed by atoms with Crippen LogP contribution in [0, 0.1) is 3.57 Å². The lowest BCUT2D eigenvalue weighted by molar-refractivity contribution is -0.139. The summed E-state index contributed by atoms with van der Waals surface area (Å²) < 4.78 is 15.3. The van der Waals surface area contributed by atoms with E-state index in [0.29, 0.717) is 48.6 Å². The summed E-state index contributed by atoms with van der Waals surface area (Å²) in [5.74, 6) is 0.0943. The van der Waals surface area contributed by atoms with Crippen LogP contribution < -0.4 is 19.6 Å². The number of carbonyl (C=O) groups is 1. The number of hydrogen-bond acceptors (Lipinski definition) is 6. The number of carbonyl (C=O) groups excluding carboxylic acids is 1. The molecule has 1 atom stereocenters. The zero-order valence-corrected chi connectivity index (χ0v) is 27.9. The van der Waals surface area contributed by atoms with Crippen LogP contribution in [0.2, 0.25) is 10.0 Å². The SMILES string of the molecule is CCOC(=O)C1=C(C)N=c2s/c(=C\c3cc(Br)cc(I)c3OCc3cccc(Cl)c3)c(=O)n2[C@@H]1c1ccccc1Cl. The van der Waals surface area contributed by atoms with Crippen molar-refractivity contribution in [3.63, 3.8) is 0 Å². The minimum atomic E-state index is -0.789. The van der Waals surface area contributed by atoms with Crippen LogP contribution in [0.5, 0.6) is 5.75 Å². The third kappa shape index (κ3) is 6.34. The zero-order chi connectivity index (χ0) is 29.3. The molecule has 0 radical (unpaired) electrons. The second kappa shape index (κ2) is 12.8. The van der Waals surface area contributed by atoms with Crippen LogP contribution >= 0.6 is 73.1 Å². The van der Waals surface area contributed by atoms with Gasteiger partial charge in [0.05, 0.1) is 26.0 Å². The van der Waals surface area contributed by atoms with E-state index in [0.717, 1.165) is 13.6 Å². The molecule has 11 heteroatoms. The highest BCUT2D eigenvalue weighted by Crippen LogP contribution is 2.35. The van der Waals surface area contributed by atoms with E-state index < -0.39 is 12.0 Å². The van der Waals surface area contributed by atoms with Crippen LogP contribution in [0.15, 0.2) is 86.2 Å². The van der Waals surface area contributed by atoms with Gasteiger partial charge in [0.15, 0.2) is 4.80 Å². The third-order valence-corrected chi connectivity index (χ3v) is 9.13. The van der Waals surface area contributed by atoms with Crippen LogP contribution in [0.25, 0.3) is 6.08 Å². The van der Waals surface area contributed by atoms with Crippen molar-refractivity contribution in [3.05, 3.63) is 126 Å². The minimum absolute atomic E-state index is 0.189. The molecule has 1 aliphatic heterocycles. The largest absolute Gasteiger partial charge is 0.487 e. The summed E-state index contributed by atoms with van der Waals surface area (Å²) in [5.41, 5.74) is 2.70. The van der Waals surface area contributed by atoms with Crippen molar-refractivity contribution >= 4 is 85.1 Å². The number of aromatic nitrogens is 1. The zero-order valence-electron chi connectivity index (χ0n) is 21.8. The van der Waals surface area contributed by atoms with Gasteiger partial charge in [-0.25, -0.2) is 9.79 Å². The first-order valence-corrected chi connectivity index (χ1v) is 15.9. The summed E-state index contributed by atoms with van der Waals surface area (Å²) in [6, 6.07) is 17.7. The van der Waals surface area contributed by atoms with Crippen molar-refractivity contribution in [1.29, 1.82) is 0 Å². The first kappa shape index (κ1) is 30.0. The number of nitrogens with zero attached hydrogens (tertiary/aromatic N) is 2. The van der Waals surface area contributed by atoms with Crippen molar-refractivity contribution < 1.29 is 14.3 Å². The molecule has 41 heavy (non-hydrogen) atoms. The van der Waals surface area contributed by atoms with Crippen LogP contribution in [0.1, 0.15) is 36.6 Å². The highest BCUT2D eigenvalue weighted by atomic mass is 127. The predicted octanol–water partition coefficient (Wildman–Crippen LogP) is 7.05. The van der Waals surface area contributed by atoms with Gasteiger partial charge >= 0.3 is 5.97 Å². The Balaban J connectivity index is 1.66. The number of thiazole rings is 1. The maximum atomic E-state index is 14.0. The number of hydrogen-bond donors (Lipinski definition) is 0. The number of ether oxygens (including phenoxy) is 2. The van der Waals surface area contributed by atoms with Crippen LogP contribution in [-0.2, 0) is 16.1 Å². The number of benzene rings is 3. The molecule has 0 spiro atoms. The van der Waals surface area contributed by atoms with Gasteiger partial charge in [0, 0.05) is 20.1 Å². The van der Waals surface area contributed by atoms with Gasteiger partial charge in [-0.1, -0.05) is 80.8 Å². The summed E-state index contributed by atoms with van der Waals surface area (Å²) in [5, 5.41) is 1.06. The summed E-state index contributed by atoms with van der Waals surface area (Å²) in [6.07, 6.45) is 1.79. The van der Waals surface area contributed by atoms with E-state index in [-0.39, 0.29) is 17.7 Å². The Morgan fingerprint density at radius 3 is 2.68 bits per heavy atom. The van der Waals surface area contributed by atoms with Crippen LogP contribution in [0.3, 0.4) is 0 Å². The maximum Gasteiger partial charge on any atom is 0.338 e. The second-order valence-corrected chi connectivity index (χ2v) is 13.0. The molecular weight excluding hydrogens is 762 g/mol. The fourth-order valence-electron chi connectivity index (χ4n) is 4.55. The van der Waals surface area contributed by atoms with E-state index in [4.69, 9.17) is 32.7 Å². The number of allylic oxidation sites excluding steroid dienone is 1. The lowest BCUT2D eigenvalue weighted by Crippen LogP contribution is -2.40. The molecule has 0 unspecified atom stereocenters. The van der Waals surface area contributed by atoms with Gasteiger partial charge in [-0.3, -0.25) is 9.36 Å². The monoisotopic (exact) mass is 782 g/mol. The Morgan fingerprint density at radius 2 is 1.95 bits per heavy atom. The van der Waals surface area contributed by atoms with E-state index >= 15 is 0 Å². The normalized spacial score (nSPS) is 15.0. The molecule has 0 amide bonds. The number of fused-ring (bicyclic) bond motifs is 1. The first-order chi connectivity index (χ1) is 19.7. The lowest BCUT2D eigenvalue weighted by Gasteiger charge is -2.25.